The van der Waals surface area contributed by atoms with Gasteiger partial charge in [0.2, 0.25) is 0 Å². The van der Waals surface area contributed by atoms with Crippen molar-refractivity contribution in [3.05, 3.63) is 70.8 Å². The lowest BCUT2D eigenvalue weighted by Crippen LogP contribution is -2.35. The second kappa shape index (κ2) is 6.84. The Bertz CT molecular complexity index is 633. The number of fused-ring (bicyclic) bond motifs is 2. The van der Waals surface area contributed by atoms with Crippen molar-refractivity contribution in [2.45, 2.75) is 29.5 Å². The first-order chi connectivity index (χ1) is 11.0. The normalized spacial score (nSPS) is 17.3. The first kappa shape index (κ1) is 16.8. The number of aryl methyl sites for hydroxylation is 2. The molecule has 2 aromatic carbocycles. The summed E-state index contributed by atoms with van der Waals surface area (Å²) in [6.07, 6.45) is 2.87. The van der Waals surface area contributed by atoms with Crippen LogP contribution in [-0.4, -0.2) is 30.9 Å². The molecule has 23 heavy (non-hydrogen) atoms. The van der Waals surface area contributed by atoms with Gasteiger partial charge in [-0.3, -0.25) is 0 Å². The molecule has 0 fully saturated rings. The van der Waals surface area contributed by atoms with Crippen molar-refractivity contribution in [3.63, 3.8) is 0 Å². The fraction of sp³-hybridized carbons (Fsp3) is 0.400. The number of rotatable bonds is 4. The van der Waals surface area contributed by atoms with E-state index < -0.39 is 4.87 Å². The maximum atomic E-state index is 7.32. The van der Waals surface area contributed by atoms with Crippen LogP contribution in [0.25, 0.3) is 0 Å². The third kappa shape index (κ3) is 3.15. The smallest absolute Gasteiger partial charge is 0.111 e. The number of benzene rings is 2. The molecule has 1 unspecified atom stereocenters. The fourth-order valence-corrected chi connectivity index (χ4v) is 4.32. The number of halogens is 2. The van der Waals surface area contributed by atoms with Crippen molar-refractivity contribution in [3.8, 4) is 0 Å². The van der Waals surface area contributed by atoms with Gasteiger partial charge in [-0.15, -0.1) is 23.2 Å². The van der Waals surface area contributed by atoms with Gasteiger partial charge in [0, 0.05) is 0 Å². The summed E-state index contributed by atoms with van der Waals surface area (Å²) in [7, 11) is 4.14. The number of nitrogens with zero attached hydrogens (tertiary/aromatic N) is 1. The molecular weight excluding hydrogens is 325 g/mol. The average Bonchev–Trinajstić information content (AvgIpc) is 2.69. The summed E-state index contributed by atoms with van der Waals surface area (Å²) in [5.74, 6) is 0. The molecule has 0 radical (unpaired) electrons. The van der Waals surface area contributed by atoms with Gasteiger partial charge in [-0.05, 0) is 62.2 Å². The molecule has 1 aliphatic carbocycles. The summed E-state index contributed by atoms with van der Waals surface area (Å²) < 4.78 is 0. The largest absolute Gasteiger partial charge is 0.309 e. The fourth-order valence-electron chi connectivity index (χ4n) is 3.51. The molecule has 1 nitrogen and oxygen atoms in total. The molecule has 3 heteroatoms. The van der Waals surface area contributed by atoms with Crippen LogP contribution in [0.5, 0.6) is 0 Å². The van der Waals surface area contributed by atoms with E-state index in [1.54, 1.807) is 0 Å². The van der Waals surface area contributed by atoms with Crippen molar-refractivity contribution in [2.24, 2.45) is 0 Å². The van der Waals surface area contributed by atoms with E-state index >= 15 is 0 Å². The van der Waals surface area contributed by atoms with Crippen molar-refractivity contribution >= 4 is 23.2 Å². The van der Waals surface area contributed by atoms with E-state index in [4.69, 9.17) is 23.2 Å². The van der Waals surface area contributed by atoms with Gasteiger partial charge in [0.25, 0.3) is 0 Å². The number of hydrogen-bond acceptors (Lipinski definition) is 1. The molecule has 0 N–H and O–H groups in total. The highest BCUT2D eigenvalue weighted by Gasteiger charge is 2.43. The molecule has 1 aliphatic rings. The molecule has 0 bridgehead atoms. The number of alkyl halides is 2. The molecule has 0 aromatic heterocycles. The molecule has 0 amide bonds. The zero-order chi connectivity index (χ0) is 16.4. The topological polar surface area (TPSA) is 3.24 Å². The van der Waals surface area contributed by atoms with Crippen LogP contribution >= 0.6 is 23.2 Å². The third-order valence-electron chi connectivity index (χ3n) is 4.74. The molecule has 3 rings (SSSR count). The van der Waals surface area contributed by atoms with E-state index in [9.17, 15) is 0 Å². The Morgan fingerprint density at radius 3 is 1.91 bits per heavy atom. The van der Waals surface area contributed by atoms with Crippen LogP contribution in [0.3, 0.4) is 0 Å². The van der Waals surface area contributed by atoms with Crippen LogP contribution in [0, 0.1) is 0 Å². The molecule has 1 atom stereocenters. The lowest BCUT2D eigenvalue weighted by atomic mass is 9.83. The van der Waals surface area contributed by atoms with Crippen molar-refractivity contribution < 1.29 is 0 Å². The molecular formula is C20H23Cl2N. The minimum absolute atomic E-state index is 0.160. The minimum Gasteiger partial charge on any atom is -0.309 e. The zero-order valence-electron chi connectivity index (χ0n) is 13.7. The molecule has 122 valence electrons. The Kier molecular flexibility index (Phi) is 5.01. The van der Waals surface area contributed by atoms with Gasteiger partial charge in [0.1, 0.15) is 4.87 Å². The van der Waals surface area contributed by atoms with Gasteiger partial charge in [0.05, 0.1) is 5.38 Å². The summed E-state index contributed by atoms with van der Waals surface area (Å²) in [5, 5.41) is -0.160. The van der Waals surface area contributed by atoms with Crippen molar-refractivity contribution in [1.29, 1.82) is 0 Å². The lowest BCUT2D eigenvalue weighted by Gasteiger charge is -2.35. The number of hydrogen-bond donors (Lipinski definition) is 0. The van der Waals surface area contributed by atoms with E-state index in [-0.39, 0.29) is 5.38 Å². The van der Waals surface area contributed by atoms with Crippen LogP contribution in [0.1, 0.15) is 28.7 Å². The van der Waals surface area contributed by atoms with E-state index in [2.05, 4.69) is 67.5 Å². The molecule has 0 heterocycles. The highest BCUT2D eigenvalue weighted by molar-refractivity contribution is 6.34. The van der Waals surface area contributed by atoms with E-state index in [1.807, 2.05) is 0 Å². The second-order valence-corrected chi connectivity index (χ2v) is 7.71. The predicted molar refractivity (Wildman–Crippen MR) is 99.7 cm³/mol. The third-order valence-corrected chi connectivity index (χ3v) is 6.07. The monoisotopic (exact) mass is 347 g/mol. The summed E-state index contributed by atoms with van der Waals surface area (Å²) in [6, 6.07) is 17.0. The van der Waals surface area contributed by atoms with Crippen molar-refractivity contribution in [1.82, 2.24) is 4.90 Å². The molecule has 0 saturated carbocycles. The lowest BCUT2D eigenvalue weighted by molar-refractivity contribution is 0.387. The molecule has 0 spiro atoms. The first-order valence-corrected chi connectivity index (χ1v) is 8.99. The second-order valence-electron chi connectivity index (χ2n) is 6.59. The molecule has 2 aromatic rings. The van der Waals surface area contributed by atoms with E-state index in [0.717, 1.165) is 25.8 Å². The highest BCUT2D eigenvalue weighted by Crippen LogP contribution is 2.48. The van der Waals surface area contributed by atoms with Crippen LogP contribution in [0.2, 0.25) is 0 Å². The van der Waals surface area contributed by atoms with Crippen LogP contribution in [0.15, 0.2) is 48.5 Å². The molecule has 0 aliphatic heterocycles. The highest BCUT2D eigenvalue weighted by atomic mass is 35.5. The van der Waals surface area contributed by atoms with Crippen LogP contribution in [-0.2, 0) is 17.7 Å². The maximum Gasteiger partial charge on any atom is 0.111 e. The summed E-state index contributed by atoms with van der Waals surface area (Å²) in [6.45, 7) is 0.924. The Hall–Kier alpha value is -1.02. The van der Waals surface area contributed by atoms with Gasteiger partial charge < -0.3 is 4.90 Å². The van der Waals surface area contributed by atoms with Gasteiger partial charge in [-0.2, -0.15) is 0 Å². The zero-order valence-corrected chi connectivity index (χ0v) is 15.2. The maximum absolute atomic E-state index is 7.32. The van der Waals surface area contributed by atoms with E-state index in [1.165, 1.54) is 22.3 Å². The Morgan fingerprint density at radius 1 is 0.957 bits per heavy atom. The van der Waals surface area contributed by atoms with Crippen molar-refractivity contribution in [2.75, 3.05) is 20.6 Å². The van der Waals surface area contributed by atoms with Crippen LogP contribution < -0.4 is 0 Å². The average molecular weight is 348 g/mol. The Morgan fingerprint density at radius 2 is 1.43 bits per heavy atom. The minimum atomic E-state index is -0.665. The van der Waals surface area contributed by atoms with E-state index in [0.29, 0.717) is 0 Å². The SMILES string of the molecule is CN(C)CCC(Cl)C1(Cl)c2ccccc2CCc2ccccc21. The first-order valence-electron chi connectivity index (χ1n) is 8.18. The van der Waals surface area contributed by atoms with Gasteiger partial charge >= 0.3 is 0 Å². The predicted octanol–water partition coefficient (Wildman–Crippen LogP) is 4.83. The Labute approximate surface area is 149 Å². The van der Waals surface area contributed by atoms with Gasteiger partial charge in [-0.25, -0.2) is 0 Å². The summed E-state index contributed by atoms with van der Waals surface area (Å²) in [4.78, 5) is 1.49. The van der Waals surface area contributed by atoms with Crippen LogP contribution in [0.4, 0.5) is 0 Å². The summed E-state index contributed by atoms with van der Waals surface area (Å²) >= 11 is 14.2. The summed E-state index contributed by atoms with van der Waals surface area (Å²) in [5.41, 5.74) is 4.97. The van der Waals surface area contributed by atoms with Gasteiger partial charge in [0.15, 0.2) is 0 Å². The molecule has 0 saturated heterocycles. The van der Waals surface area contributed by atoms with Gasteiger partial charge in [-0.1, -0.05) is 48.5 Å². The standard InChI is InChI=1S/C20H23Cl2N/c1-23(2)14-13-19(21)20(22)17-9-5-3-7-15(17)11-12-16-8-4-6-10-18(16)20/h3-10,19H,11-14H2,1-2H3. The Balaban J connectivity index is 2.12. The quantitative estimate of drug-likeness (QED) is 0.716.